The normalized spacial score (nSPS) is 12.5. The summed E-state index contributed by atoms with van der Waals surface area (Å²) in [5.41, 5.74) is 0.592. The minimum absolute atomic E-state index is 0.0740. The summed E-state index contributed by atoms with van der Waals surface area (Å²) in [4.78, 5) is 0. The summed E-state index contributed by atoms with van der Waals surface area (Å²) >= 11 is 0. The zero-order chi connectivity index (χ0) is 12.7. The maximum absolute atomic E-state index is 13.6. The van der Waals surface area contributed by atoms with E-state index >= 15 is 0 Å². The second kappa shape index (κ2) is 7.25. The average Bonchev–Trinajstić information content (AvgIpc) is 2.31. The van der Waals surface area contributed by atoms with Crippen LogP contribution in [-0.4, -0.2) is 32.9 Å². The molecule has 0 spiro atoms. The Bertz CT molecular complexity index is 338. The fourth-order valence-corrected chi connectivity index (χ4v) is 1.58. The van der Waals surface area contributed by atoms with Crippen molar-refractivity contribution in [2.45, 2.75) is 19.9 Å². The number of nitrogens with one attached hydrogen (secondary N) is 1. The molecule has 0 aliphatic carbocycles. The van der Waals surface area contributed by atoms with Gasteiger partial charge in [0.25, 0.3) is 0 Å². The van der Waals surface area contributed by atoms with Gasteiger partial charge in [0.2, 0.25) is 0 Å². The number of halogens is 1. The van der Waals surface area contributed by atoms with Crippen LogP contribution in [0.4, 0.5) is 4.39 Å². The molecule has 1 aromatic rings. The third-order valence-electron chi connectivity index (χ3n) is 2.46. The van der Waals surface area contributed by atoms with Crippen LogP contribution in [0.25, 0.3) is 0 Å². The molecule has 0 saturated heterocycles. The minimum atomic E-state index is -0.292. The molecule has 0 radical (unpaired) electrons. The number of ether oxygens (including phenoxy) is 2. The molecule has 1 aromatic carbocycles. The lowest BCUT2D eigenvalue weighted by Gasteiger charge is -2.18. The third kappa shape index (κ3) is 4.32. The van der Waals surface area contributed by atoms with E-state index in [1.54, 1.807) is 32.2 Å². The predicted octanol–water partition coefficient (Wildman–Crippen LogP) is 2.14. The van der Waals surface area contributed by atoms with Gasteiger partial charge in [0.05, 0.1) is 12.6 Å². The topological polar surface area (TPSA) is 30.5 Å². The second-order valence-corrected chi connectivity index (χ2v) is 3.91. The van der Waals surface area contributed by atoms with Crippen molar-refractivity contribution < 1.29 is 13.9 Å². The lowest BCUT2D eigenvalue weighted by molar-refractivity contribution is 0.135. The Kier molecular flexibility index (Phi) is 5.94. The Morgan fingerprint density at radius 2 is 2.12 bits per heavy atom. The Labute approximate surface area is 102 Å². The highest BCUT2D eigenvalue weighted by molar-refractivity contribution is 5.30. The van der Waals surface area contributed by atoms with Gasteiger partial charge in [0, 0.05) is 7.11 Å². The number of hydrogen-bond acceptors (Lipinski definition) is 3. The summed E-state index contributed by atoms with van der Waals surface area (Å²) in [6.07, 6.45) is 0. The number of methoxy groups -OCH3 is 1. The molecule has 1 N–H and O–H groups in total. The van der Waals surface area contributed by atoms with Gasteiger partial charge in [-0.1, -0.05) is 19.1 Å². The molecule has 96 valence electrons. The minimum Gasteiger partial charge on any atom is -0.489 e. The molecule has 1 atom stereocenters. The highest BCUT2D eigenvalue weighted by atomic mass is 19.1. The standard InChI is InChI=1S/C13H20FNO2/c1-4-15-11(8-16-3)9-17-12-7-5-6-10(2)13(12)14/h5-7,11,15H,4,8-9H2,1-3H3. The molecule has 0 aliphatic rings. The Morgan fingerprint density at radius 1 is 1.35 bits per heavy atom. The van der Waals surface area contributed by atoms with Crippen LogP contribution >= 0.6 is 0 Å². The Hall–Kier alpha value is -1.13. The van der Waals surface area contributed by atoms with Crippen molar-refractivity contribution in [1.29, 1.82) is 0 Å². The maximum Gasteiger partial charge on any atom is 0.167 e. The van der Waals surface area contributed by atoms with E-state index in [2.05, 4.69) is 5.32 Å². The largest absolute Gasteiger partial charge is 0.489 e. The number of rotatable bonds is 7. The van der Waals surface area contributed by atoms with Gasteiger partial charge >= 0.3 is 0 Å². The number of hydrogen-bond donors (Lipinski definition) is 1. The first-order chi connectivity index (χ1) is 8.19. The van der Waals surface area contributed by atoms with E-state index in [9.17, 15) is 4.39 Å². The van der Waals surface area contributed by atoms with Crippen molar-refractivity contribution in [3.8, 4) is 5.75 Å². The number of likely N-dealkylation sites (N-methyl/N-ethyl adjacent to an activating group) is 1. The molecule has 3 nitrogen and oxygen atoms in total. The van der Waals surface area contributed by atoms with Crippen LogP contribution in [0.2, 0.25) is 0 Å². The lowest BCUT2D eigenvalue weighted by atomic mass is 10.2. The zero-order valence-electron chi connectivity index (χ0n) is 10.6. The number of benzene rings is 1. The molecular formula is C13H20FNO2. The van der Waals surface area contributed by atoms with Crippen molar-refractivity contribution in [2.24, 2.45) is 0 Å². The fourth-order valence-electron chi connectivity index (χ4n) is 1.58. The smallest absolute Gasteiger partial charge is 0.167 e. The highest BCUT2D eigenvalue weighted by Gasteiger charge is 2.10. The summed E-state index contributed by atoms with van der Waals surface area (Å²) < 4.78 is 24.2. The third-order valence-corrected chi connectivity index (χ3v) is 2.46. The first-order valence-corrected chi connectivity index (χ1v) is 5.79. The zero-order valence-corrected chi connectivity index (χ0v) is 10.6. The Morgan fingerprint density at radius 3 is 2.76 bits per heavy atom. The first-order valence-electron chi connectivity index (χ1n) is 5.79. The predicted molar refractivity (Wildman–Crippen MR) is 66.0 cm³/mol. The molecule has 0 fully saturated rings. The van der Waals surface area contributed by atoms with E-state index < -0.39 is 0 Å². The Balaban J connectivity index is 2.55. The van der Waals surface area contributed by atoms with E-state index in [1.165, 1.54) is 0 Å². The van der Waals surface area contributed by atoms with Gasteiger partial charge < -0.3 is 14.8 Å². The summed E-state index contributed by atoms with van der Waals surface area (Å²) in [7, 11) is 1.64. The van der Waals surface area contributed by atoms with E-state index in [4.69, 9.17) is 9.47 Å². The molecule has 0 aromatic heterocycles. The highest BCUT2D eigenvalue weighted by Crippen LogP contribution is 2.19. The van der Waals surface area contributed by atoms with Crippen molar-refractivity contribution >= 4 is 0 Å². The molecule has 0 amide bonds. The monoisotopic (exact) mass is 241 g/mol. The van der Waals surface area contributed by atoms with Crippen LogP contribution in [0, 0.1) is 12.7 Å². The van der Waals surface area contributed by atoms with Crippen molar-refractivity contribution in [3.63, 3.8) is 0 Å². The summed E-state index contributed by atoms with van der Waals surface area (Å²) in [5.74, 6) is 0.00386. The SMILES string of the molecule is CCNC(COC)COc1cccc(C)c1F. The lowest BCUT2D eigenvalue weighted by Crippen LogP contribution is -2.38. The quantitative estimate of drug-likeness (QED) is 0.793. The molecule has 0 aliphatic heterocycles. The van der Waals surface area contributed by atoms with Crippen molar-refractivity contribution in [3.05, 3.63) is 29.6 Å². The van der Waals surface area contributed by atoms with Gasteiger partial charge in [-0.15, -0.1) is 0 Å². The van der Waals surface area contributed by atoms with E-state index in [1.807, 2.05) is 6.92 Å². The fraction of sp³-hybridized carbons (Fsp3) is 0.538. The van der Waals surface area contributed by atoms with E-state index in [0.717, 1.165) is 6.54 Å². The van der Waals surface area contributed by atoms with Crippen molar-refractivity contribution in [2.75, 3.05) is 26.9 Å². The van der Waals surface area contributed by atoms with Gasteiger partial charge in [-0.3, -0.25) is 0 Å². The van der Waals surface area contributed by atoms with Gasteiger partial charge in [-0.05, 0) is 25.1 Å². The summed E-state index contributed by atoms with van der Waals surface area (Å²) in [6.45, 7) is 5.49. The average molecular weight is 241 g/mol. The van der Waals surface area contributed by atoms with E-state index in [0.29, 0.717) is 24.5 Å². The van der Waals surface area contributed by atoms with E-state index in [-0.39, 0.29) is 11.9 Å². The first kappa shape index (κ1) is 13.9. The molecule has 1 rings (SSSR count). The van der Waals surface area contributed by atoms with Gasteiger partial charge in [0.15, 0.2) is 11.6 Å². The van der Waals surface area contributed by atoms with Crippen LogP contribution in [0.5, 0.6) is 5.75 Å². The maximum atomic E-state index is 13.6. The van der Waals surface area contributed by atoms with Crippen LogP contribution in [0.3, 0.4) is 0 Å². The van der Waals surface area contributed by atoms with Crippen LogP contribution < -0.4 is 10.1 Å². The molecule has 0 heterocycles. The molecule has 0 saturated carbocycles. The molecule has 17 heavy (non-hydrogen) atoms. The summed E-state index contributed by atoms with van der Waals surface area (Å²) in [5, 5.41) is 3.22. The molecule has 1 unspecified atom stereocenters. The second-order valence-electron chi connectivity index (χ2n) is 3.91. The van der Waals surface area contributed by atoms with Gasteiger partial charge in [-0.25, -0.2) is 4.39 Å². The van der Waals surface area contributed by atoms with Crippen LogP contribution in [0.15, 0.2) is 18.2 Å². The van der Waals surface area contributed by atoms with Crippen LogP contribution in [-0.2, 0) is 4.74 Å². The van der Waals surface area contributed by atoms with Gasteiger partial charge in [0.1, 0.15) is 6.61 Å². The summed E-state index contributed by atoms with van der Waals surface area (Å²) in [6, 6.07) is 5.22. The molecule has 0 bridgehead atoms. The van der Waals surface area contributed by atoms with Crippen LogP contribution in [0.1, 0.15) is 12.5 Å². The number of aryl methyl sites for hydroxylation is 1. The molecule has 4 heteroatoms. The molecular weight excluding hydrogens is 221 g/mol. The van der Waals surface area contributed by atoms with Crippen molar-refractivity contribution in [1.82, 2.24) is 5.32 Å². The van der Waals surface area contributed by atoms with Gasteiger partial charge in [-0.2, -0.15) is 0 Å².